The summed E-state index contributed by atoms with van der Waals surface area (Å²) in [5.74, 6) is -0.508. The molecule has 0 amide bonds. The van der Waals surface area contributed by atoms with Crippen LogP contribution in [0.15, 0.2) is 52.7 Å². The number of hydrogen-bond donors (Lipinski definition) is 1. The van der Waals surface area contributed by atoms with Gasteiger partial charge in [-0.2, -0.15) is 9.78 Å². The summed E-state index contributed by atoms with van der Waals surface area (Å²) in [6, 6.07) is 2.80. The van der Waals surface area contributed by atoms with Gasteiger partial charge in [-0.3, -0.25) is 9.78 Å². The molecule has 0 saturated carbocycles. The fourth-order valence-corrected chi connectivity index (χ4v) is 2.25. The fourth-order valence-electron chi connectivity index (χ4n) is 2.25. The summed E-state index contributed by atoms with van der Waals surface area (Å²) in [4.78, 5) is 31.0. The predicted octanol–water partition coefficient (Wildman–Crippen LogP) is -0.101. The Labute approximate surface area is 137 Å². The quantitative estimate of drug-likeness (QED) is 0.505. The number of aromatic nitrogens is 7. The van der Waals surface area contributed by atoms with Crippen molar-refractivity contribution in [2.45, 2.75) is 0 Å². The summed E-state index contributed by atoms with van der Waals surface area (Å²) in [5, 5.41) is 17.8. The third-order valence-corrected chi connectivity index (χ3v) is 3.40. The van der Waals surface area contributed by atoms with Gasteiger partial charge < -0.3 is 5.21 Å². The average molecular weight is 341 g/mol. The molecule has 0 aliphatic rings. The van der Waals surface area contributed by atoms with Gasteiger partial charge in [-0.05, 0) is 6.07 Å². The molecule has 0 bridgehead atoms. The first-order valence-corrected chi connectivity index (χ1v) is 6.90. The van der Waals surface area contributed by atoms with E-state index in [1.807, 2.05) is 0 Å². The summed E-state index contributed by atoms with van der Waals surface area (Å²) in [7, 11) is 0. The zero-order valence-electron chi connectivity index (χ0n) is 12.3. The van der Waals surface area contributed by atoms with Gasteiger partial charge >= 0.3 is 11.2 Å². The summed E-state index contributed by atoms with van der Waals surface area (Å²) in [6.07, 6.45) is 6.19. The van der Waals surface area contributed by atoms with Gasteiger partial charge in [0.25, 0.3) is 0 Å². The van der Waals surface area contributed by atoms with Crippen molar-refractivity contribution in [2.75, 3.05) is 0 Å². The van der Waals surface area contributed by atoms with Crippen molar-refractivity contribution in [1.82, 2.24) is 34.3 Å². The van der Waals surface area contributed by atoms with E-state index in [-0.39, 0.29) is 10.4 Å². The topological polar surface area (TPSA) is 121 Å². The highest BCUT2D eigenvalue weighted by Gasteiger charge is 2.11. The molecular weight excluding hydrogens is 333 g/mol. The molecule has 4 aromatic rings. The number of fused-ring (bicyclic) bond motifs is 1. The Morgan fingerprint density at radius 2 is 1.88 bits per heavy atom. The molecule has 0 atom stereocenters. The van der Waals surface area contributed by atoms with Gasteiger partial charge in [-0.25, -0.2) is 18.9 Å². The highest BCUT2D eigenvalue weighted by atomic mass is 19.1. The van der Waals surface area contributed by atoms with E-state index < -0.39 is 17.1 Å². The molecule has 1 N–H and O–H groups in total. The normalized spacial score (nSPS) is 11.1. The minimum absolute atomic E-state index is 0.0565. The van der Waals surface area contributed by atoms with Gasteiger partial charge in [-0.15, -0.1) is 5.10 Å². The molecule has 0 spiro atoms. The van der Waals surface area contributed by atoms with Crippen LogP contribution >= 0.6 is 0 Å². The molecule has 0 fully saturated rings. The molecule has 0 unspecified atom stereocenters. The number of nitrogens with zero attached hydrogens (tertiary/aromatic N) is 7. The first-order chi connectivity index (χ1) is 12.0. The first-order valence-electron chi connectivity index (χ1n) is 6.90. The smallest absolute Gasteiger partial charge is 0.385 e. The van der Waals surface area contributed by atoms with Gasteiger partial charge in [0.2, 0.25) is 0 Å². The Balaban J connectivity index is 1.85. The Hall–Kier alpha value is -3.89. The molecule has 0 aliphatic heterocycles. The Bertz CT molecular complexity index is 1230. The van der Waals surface area contributed by atoms with E-state index >= 15 is 0 Å². The molecule has 0 saturated heterocycles. The van der Waals surface area contributed by atoms with E-state index in [0.29, 0.717) is 16.7 Å². The number of hydrogen-bond acceptors (Lipinski definition) is 7. The monoisotopic (exact) mass is 341 g/mol. The van der Waals surface area contributed by atoms with Crippen LogP contribution in [-0.4, -0.2) is 39.5 Å². The molecule has 0 aliphatic carbocycles. The standard InChI is InChI=1S/C14H8FN7O3/c15-9-2-10(4-16-3-9)20-7-8-1-11(5-17-13(8)19-20)21-14(24)22(25)12(23)6-18-21/h1-7,25H. The van der Waals surface area contributed by atoms with Crippen molar-refractivity contribution < 1.29 is 9.60 Å². The van der Waals surface area contributed by atoms with Gasteiger partial charge in [0, 0.05) is 17.6 Å². The SMILES string of the molecule is O=c1cnn(-c2cnc3nn(-c4cncc(F)c4)cc3c2)c(=O)n1O. The lowest BCUT2D eigenvalue weighted by atomic mass is 10.3. The first kappa shape index (κ1) is 14.7. The second-order valence-corrected chi connectivity index (χ2v) is 5.03. The minimum atomic E-state index is -1.03. The van der Waals surface area contributed by atoms with E-state index in [0.717, 1.165) is 17.1 Å². The number of pyridine rings is 2. The van der Waals surface area contributed by atoms with Crippen LogP contribution in [0.1, 0.15) is 0 Å². The van der Waals surface area contributed by atoms with E-state index in [9.17, 15) is 19.2 Å². The lowest BCUT2D eigenvalue weighted by molar-refractivity contribution is 0.154. The minimum Gasteiger partial charge on any atom is -0.421 e. The van der Waals surface area contributed by atoms with Crippen LogP contribution in [-0.2, 0) is 0 Å². The number of rotatable bonds is 2. The summed E-state index contributed by atoms with van der Waals surface area (Å²) in [6.45, 7) is 0. The zero-order chi connectivity index (χ0) is 17.6. The molecule has 0 radical (unpaired) electrons. The molecule has 4 aromatic heterocycles. The number of halogens is 1. The summed E-state index contributed by atoms with van der Waals surface area (Å²) >= 11 is 0. The Morgan fingerprint density at radius 1 is 1.04 bits per heavy atom. The zero-order valence-corrected chi connectivity index (χ0v) is 12.3. The van der Waals surface area contributed by atoms with Crippen LogP contribution in [0.4, 0.5) is 4.39 Å². The maximum atomic E-state index is 13.3. The molecule has 4 heterocycles. The molecule has 124 valence electrons. The Morgan fingerprint density at radius 3 is 2.68 bits per heavy atom. The lowest BCUT2D eigenvalue weighted by Gasteiger charge is -2.03. The van der Waals surface area contributed by atoms with Crippen LogP contribution < -0.4 is 11.2 Å². The average Bonchev–Trinajstić information content (AvgIpc) is 3.03. The van der Waals surface area contributed by atoms with Crippen molar-refractivity contribution in [3.05, 3.63) is 69.8 Å². The van der Waals surface area contributed by atoms with Gasteiger partial charge in [0.1, 0.15) is 12.0 Å². The summed E-state index contributed by atoms with van der Waals surface area (Å²) < 4.78 is 15.4. The van der Waals surface area contributed by atoms with Crippen molar-refractivity contribution in [2.24, 2.45) is 0 Å². The van der Waals surface area contributed by atoms with Gasteiger partial charge in [-0.1, -0.05) is 4.73 Å². The summed E-state index contributed by atoms with van der Waals surface area (Å²) in [5.41, 5.74) is -1.01. The molecular formula is C14H8FN7O3. The van der Waals surface area contributed by atoms with Crippen molar-refractivity contribution in [1.29, 1.82) is 0 Å². The largest absolute Gasteiger partial charge is 0.421 e. The van der Waals surface area contributed by atoms with E-state index in [4.69, 9.17) is 0 Å². The highest BCUT2D eigenvalue weighted by Crippen LogP contribution is 2.16. The van der Waals surface area contributed by atoms with Crippen LogP contribution in [0.3, 0.4) is 0 Å². The molecule has 4 rings (SSSR count). The lowest BCUT2D eigenvalue weighted by Crippen LogP contribution is -2.38. The van der Waals surface area contributed by atoms with E-state index in [1.54, 1.807) is 6.20 Å². The van der Waals surface area contributed by atoms with Crippen LogP contribution in [0.5, 0.6) is 0 Å². The molecule has 0 aromatic carbocycles. The maximum absolute atomic E-state index is 13.3. The maximum Gasteiger partial charge on any atom is 0.385 e. The second-order valence-electron chi connectivity index (χ2n) is 5.03. The van der Waals surface area contributed by atoms with Crippen molar-refractivity contribution >= 4 is 11.0 Å². The third kappa shape index (κ3) is 2.43. The fraction of sp³-hybridized carbons (Fsp3) is 0. The molecule has 25 heavy (non-hydrogen) atoms. The van der Waals surface area contributed by atoms with Crippen LogP contribution in [0.2, 0.25) is 0 Å². The molecule has 11 heteroatoms. The molecule has 10 nitrogen and oxygen atoms in total. The third-order valence-electron chi connectivity index (χ3n) is 3.40. The van der Waals surface area contributed by atoms with Crippen molar-refractivity contribution in [3.63, 3.8) is 0 Å². The van der Waals surface area contributed by atoms with E-state index in [1.165, 1.54) is 29.2 Å². The van der Waals surface area contributed by atoms with Gasteiger partial charge in [0.05, 0.1) is 30.0 Å². The van der Waals surface area contributed by atoms with E-state index in [2.05, 4.69) is 20.2 Å². The van der Waals surface area contributed by atoms with Crippen LogP contribution in [0.25, 0.3) is 22.4 Å². The van der Waals surface area contributed by atoms with Crippen LogP contribution in [0, 0.1) is 5.82 Å². The van der Waals surface area contributed by atoms with Gasteiger partial charge in [0.15, 0.2) is 5.65 Å². The Kier molecular flexibility index (Phi) is 3.13. The second kappa shape index (κ2) is 5.33. The van der Waals surface area contributed by atoms with Crippen molar-refractivity contribution in [3.8, 4) is 11.4 Å². The highest BCUT2D eigenvalue weighted by molar-refractivity contribution is 5.76. The predicted molar refractivity (Wildman–Crippen MR) is 81.5 cm³/mol.